The molecule has 1 atom stereocenters. The average Bonchev–Trinajstić information content (AvgIpc) is 2.60. The molecule has 1 aromatic rings. The maximum absolute atomic E-state index is 13.5. The van der Waals surface area contributed by atoms with Crippen LogP contribution in [-0.4, -0.2) is 44.4 Å². The van der Waals surface area contributed by atoms with E-state index < -0.39 is 26.5 Å². The van der Waals surface area contributed by atoms with Gasteiger partial charge in [0.15, 0.2) is 16.1 Å². The van der Waals surface area contributed by atoms with Gasteiger partial charge in [-0.1, -0.05) is 37.5 Å². The minimum Gasteiger partial charge on any atom is -0.388 e. The number of methoxy groups -OCH3 is 2. The largest absolute Gasteiger partial charge is 0.388 e. The van der Waals surface area contributed by atoms with Crippen molar-refractivity contribution >= 4 is 9.84 Å². The van der Waals surface area contributed by atoms with Crippen LogP contribution in [-0.2, 0) is 19.3 Å². The molecule has 1 unspecified atom stereocenters. The van der Waals surface area contributed by atoms with Crippen molar-refractivity contribution in [3.05, 3.63) is 30.3 Å². The van der Waals surface area contributed by atoms with Gasteiger partial charge in [-0.15, -0.1) is 0 Å². The lowest BCUT2D eigenvalue weighted by atomic mass is 9.75. The molecular formula is C18H28O5S. The predicted octanol–water partition coefficient (Wildman–Crippen LogP) is 2.92. The number of sulfone groups is 1. The Morgan fingerprint density at radius 1 is 1.12 bits per heavy atom. The molecule has 0 spiro atoms. The van der Waals surface area contributed by atoms with Gasteiger partial charge in [-0.05, 0) is 31.9 Å². The Labute approximate surface area is 144 Å². The summed E-state index contributed by atoms with van der Waals surface area (Å²) in [7, 11) is -0.725. The van der Waals surface area contributed by atoms with Crippen molar-refractivity contribution in [1.82, 2.24) is 0 Å². The second kappa shape index (κ2) is 7.52. The van der Waals surface area contributed by atoms with Crippen LogP contribution in [0.5, 0.6) is 0 Å². The fourth-order valence-electron chi connectivity index (χ4n) is 3.82. The smallest absolute Gasteiger partial charge is 0.186 e. The molecule has 0 aromatic heterocycles. The van der Waals surface area contributed by atoms with Gasteiger partial charge < -0.3 is 14.6 Å². The normalized spacial score (nSPS) is 20.7. The van der Waals surface area contributed by atoms with E-state index in [2.05, 4.69) is 0 Å². The zero-order valence-corrected chi connectivity index (χ0v) is 15.5. The maximum atomic E-state index is 13.5. The fraction of sp³-hybridized carbons (Fsp3) is 0.667. The highest BCUT2D eigenvalue weighted by atomic mass is 32.2. The number of ether oxygens (including phenoxy) is 2. The molecule has 0 bridgehead atoms. The zero-order chi connectivity index (χ0) is 17.8. The molecule has 2 rings (SSSR count). The van der Waals surface area contributed by atoms with Crippen molar-refractivity contribution in [2.45, 2.75) is 67.0 Å². The topological polar surface area (TPSA) is 72.8 Å². The molecule has 1 aromatic carbocycles. The van der Waals surface area contributed by atoms with Gasteiger partial charge in [0, 0.05) is 20.6 Å². The van der Waals surface area contributed by atoms with E-state index in [1.54, 1.807) is 37.3 Å². The number of aliphatic hydroxyl groups is 1. The van der Waals surface area contributed by atoms with Gasteiger partial charge in [-0.3, -0.25) is 0 Å². The monoisotopic (exact) mass is 356 g/mol. The maximum Gasteiger partial charge on any atom is 0.186 e. The van der Waals surface area contributed by atoms with Gasteiger partial charge in [0.1, 0.15) is 4.75 Å². The van der Waals surface area contributed by atoms with Crippen LogP contribution in [0.3, 0.4) is 0 Å². The molecule has 0 radical (unpaired) electrons. The molecule has 1 fully saturated rings. The van der Waals surface area contributed by atoms with E-state index in [9.17, 15) is 13.5 Å². The summed E-state index contributed by atoms with van der Waals surface area (Å²) < 4.78 is 36.1. The summed E-state index contributed by atoms with van der Waals surface area (Å²) in [6.45, 7) is 1.60. The Kier molecular flexibility index (Phi) is 6.07. The summed E-state index contributed by atoms with van der Waals surface area (Å²) in [4.78, 5) is 0.263. The van der Waals surface area contributed by atoms with Gasteiger partial charge in [0.2, 0.25) is 0 Å². The van der Waals surface area contributed by atoms with Crippen LogP contribution in [0.2, 0.25) is 0 Å². The van der Waals surface area contributed by atoms with Crippen LogP contribution in [0.15, 0.2) is 35.2 Å². The van der Waals surface area contributed by atoms with E-state index in [0.717, 1.165) is 19.3 Å². The van der Waals surface area contributed by atoms with Crippen LogP contribution >= 0.6 is 0 Å². The Morgan fingerprint density at radius 3 is 2.17 bits per heavy atom. The van der Waals surface area contributed by atoms with Crippen molar-refractivity contribution in [2.75, 3.05) is 14.2 Å². The third-order valence-electron chi connectivity index (χ3n) is 5.30. The van der Waals surface area contributed by atoms with Gasteiger partial charge in [-0.25, -0.2) is 8.42 Å². The molecule has 5 nitrogen and oxygen atoms in total. The van der Waals surface area contributed by atoms with Gasteiger partial charge in [0.25, 0.3) is 0 Å². The third-order valence-corrected chi connectivity index (χ3v) is 8.07. The van der Waals surface area contributed by atoms with Gasteiger partial charge >= 0.3 is 0 Å². The van der Waals surface area contributed by atoms with E-state index in [4.69, 9.17) is 9.47 Å². The molecule has 0 aliphatic heterocycles. The first kappa shape index (κ1) is 19.4. The molecule has 24 heavy (non-hydrogen) atoms. The van der Waals surface area contributed by atoms with E-state index in [1.807, 2.05) is 0 Å². The first-order valence-corrected chi connectivity index (χ1v) is 9.87. The highest BCUT2D eigenvalue weighted by Gasteiger charge is 2.57. The van der Waals surface area contributed by atoms with Crippen LogP contribution in [0.4, 0.5) is 0 Å². The number of hydrogen-bond acceptors (Lipinski definition) is 5. The van der Waals surface area contributed by atoms with Crippen molar-refractivity contribution in [2.24, 2.45) is 0 Å². The standard InChI is InChI=1S/C18H28O5S/c1-17(19,14-16(22-2)23-3)18(12-8-5-9-13-18)24(20,21)15-10-6-4-7-11-15/h4,6-7,10-11,16,19H,5,8-9,12-14H2,1-3H3. The van der Waals surface area contributed by atoms with Crippen molar-refractivity contribution in [3.63, 3.8) is 0 Å². The SMILES string of the molecule is COC(CC(C)(O)C1(S(=O)(=O)c2ccccc2)CCCCC1)OC. The first-order valence-electron chi connectivity index (χ1n) is 8.38. The summed E-state index contributed by atoms with van der Waals surface area (Å²) >= 11 is 0. The van der Waals surface area contributed by atoms with E-state index >= 15 is 0 Å². The van der Waals surface area contributed by atoms with E-state index in [0.29, 0.717) is 12.8 Å². The second-order valence-electron chi connectivity index (χ2n) is 6.75. The van der Waals surface area contributed by atoms with Crippen molar-refractivity contribution < 1.29 is 23.0 Å². The Morgan fingerprint density at radius 2 is 1.67 bits per heavy atom. The molecule has 1 aliphatic carbocycles. The molecule has 1 aliphatic rings. The lowest BCUT2D eigenvalue weighted by molar-refractivity contribution is -0.150. The Balaban J connectivity index is 2.50. The van der Waals surface area contributed by atoms with Crippen LogP contribution in [0, 0.1) is 0 Å². The minimum absolute atomic E-state index is 0.103. The van der Waals surface area contributed by atoms with E-state index in [1.165, 1.54) is 14.2 Å². The third kappa shape index (κ3) is 3.38. The van der Waals surface area contributed by atoms with Gasteiger partial charge in [0.05, 0.1) is 10.5 Å². The van der Waals surface area contributed by atoms with Crippen LogP contribution < -0.4 is 0 Å². The highest BCUT2D eigenvalue weighted by molar-refractivity contribution is 7.93. The summed E-state index contributed by atoms with van der Waals surface area (Å²) in [5.74, 6) is 0. The molecule has 1 saturated carbocycles. The first-order chi connectivity index (χ1) is 11.3. The second-order valence-corrected chi connectivity index (χ2v) is 9.01. The summed E-state index contributed by atoms with van der Waals surface area (Å²) in [6.07, 6.45) is 2.89. The molecule has 0 amide bonds. The summed E-state index contributed by atoms with van der Waals surface area (Å²) in [6, 6.07) is 8.42. The average molecular weight is 356 g/mol. The van der Waals surface area contributed by atoms with Gasteiger partial charge in [-0.2, -0.15) is 0 Å². The molecule has 1 N–H and O–H groups in total. The molecule has 0 heterocycles. The number of rotatable bonds is 7. The molecular weight excluding hydrogens is 328 g/mol. The molecule has 0 saturated heterocycles. The Hall–Kier alpha value is -0.950. The van der Waals surface area contributed by atoms with Crippen LogP contribution in [0.1, 0.15) is 45.4 Å². The summed E-state index contributed by atoms with van der Waals surface area (Å²) in [5.41, 5.74) is -1.46. The zero-order valence-electron chi connectivity index (χ0n) is 14.7. The number of benzene rings is 1. The fourth-order valence-corrected chi connectivity index (χ4v) is 6.27. The van der Waals surface area contributed by atoms with Crippen LogP contribution in [0.25, 0.3) is 0 Å². The predicted molar refractivity (Wildman–Crippen MR) is 92.5 cm³/mol. The summed E-state index contributed by atoms with van der Waals surface area (Å²) in [5, 5.41) is 11.3. The van der Waals surface area contributed by atoms with Crippen molar-refractivity contribution in [3.8, 4) is 0 Å². The highest BCUT2D eigenvalue weighted by Crippen LogP contribution is 2.48. The van der Waals surface area contributed by atoms with E-state index in [-0.39, 0.29) is 11.3 Å². The quantitative estimate of drug-likeness (QED) is 0.761. The minimum atomic E-state index is -3.70. The lowest BCUT2D eigenvalue weighted by Crippen LogP contribution is -2.59. The number of hydrogen-bond donors (Lipinski definition) is 1. The van der Waals surface area contributed by atoms with Crippen molar-refractivity contribution in [1.29, 1.82) is 0 Å². The Bertz CT molecular complexity index is 614. The lowest BCUT2D eigenvalue weighted by Gasteiger charge is -2.47. The molecule has 6 heteroatoms. The molecule has 136 valence electrons.